The molecular weight excluding hydrogens is 260 g/mol. The Morgan fingerprint density at radius 1 is 1.53 bits per heavy atom. The molecule has 0 aliphatic carbocycles. The van der Waals surface area contributed by atoms with Crippen LogP contribution >= 0.6 is 11.8 Å². The molecule has 2 N–H and O–H groups in total. The summed E-state index contributed by atoms with van der Waals surface area (Å²) in [5.74, 6) is 2.21. The number of hydrogen-bond donors (Lipinski definition) is 2. The first kappa shape index (κ1) is 14.4. The molecule has 0 saturated carbocycles. The van der Waals surface area contributed by atoms with Gasteiger partial charge in [-0.05, 0) is 31.9 Å². The normalized spacial score (nSPS) is 19.5. The molecule has 1 aromatic heterocycles. The molecule has 0 spiro atoms. The summed E-state index contributed by atoms with van der Waals surface area (Å²) in [4.78, 5) is 11.3. The van der Waals surface area contributed by atoms with Crippen molar-refractivity contribution in [2.24, 2.45) is 5.92 Å². The highest BCUT2D eigenvalue weighted by molar-refractivity contribution is 7.98. The minimum Gasteiger partial charge on any atom is -0.396 e. The van der Waals surface area contributed by atoms with E-state index in [1.165, 1.54) is 0 Å². The van der Waals surface area contributed by atoms with Gasteiger partial charge in [0.05, 0.1) is 0 Å². The molecule has 1 aliphatic rings. The number of anilines is 2. The zero-order valence-corrected chi connectivity index (χ0v) is 12.4. The number of aliphatic hydroxyl groups is 1. The lowest BCUT2D eigenvalue weighted by Gasteiger charge is -2.32. The van der Waals surface area contributed by atoms with Gasteiger partial charge in [0.25, 0.3) is 0 Å². The van der Waals surface area contributed by atoms with Crippen molar-refractivity contribution in [1.29, 1.82) is 0 Å². The van der Waals surface area contributed by atoms with Gasteiger partial charge in [-0.3, -0.25) is 0 Å². The van der Waals surface area contributed by atoms with Crippen LogP contribution in [0.3, 0.4) is 0 Å². The minimum atomic E-state index is 0.261. The number of piperidine rings is 1. The quantitative estimate of drug-likeness (QED) is 0.635. The standard InChI is InChI=1S/C13H22N4OS/c1-3-14-11-7-12(16-13(15-11)19-2)17-6-4-5-10(8-17)9-18/h7,10,18H,3-6,8-9H2,1-2H3,(H,14,15,16). The van der Waals surface area contributed by atoms with Crippen LogP contribution in [0.4, 0.5) is 11.6 Å². The van der Waals surface area contributed by atoms with Crippen molar-refractivity contribution in [1.82, 2.24) is 9.97 Å². The Morgan fingerprint density at radius 2 is 2.37 bits per heavy atom. The van der Waals surface area contributed by atoms with Crippen LogP contribution in [0.5, 0.6) is 0 Å². The lowest BCUT2D eigenvalue weighted by Crippen LogP contribution is -2.37. The van der Waals surface area contributed by atoms with Gasteiger partial charge in [-0.25, -0.2) is 9.97 Å². The maximum Gasteiger partial charge on any atom is 0.191 e. The molecule has 1 aromatic rings. The van der Waals surface area contributed by atoms with Crippen molar-refractivity contribution >= 4 is 23.4 Å². The Labute approximate surface area is 118 Å². The monoisotopic (exact) mass is 282 g/mol. The highest BCUT2D eigenvalue weighted by atomic mass is 32.2. The van der Waals surface area contributed by atoms with E-state index in [0.717, 1.165) is 49.3 Å². The third kappa shape index (κ3) is 3.73. The van der Waals surface area contributed by atoms with Crippen LogP contribution < -0.4 is 10.2 Å². The van der Waals surface area contributed by atoms with Crippen molar-refractivity contribution in [2.45, 2.75) is 24.9 Å². The average molecular weight is 282 g/mol. The SMILES string of the molecule is CCNc1cc(N2CCCC(CO)C2)nc(SC)n1. The second-order valence-electron chi connectivity index (χ2n) is 4.77. The van der Waals surface area contributed by atoms with Crippen molar-refractivity contribution in [3.8, 4) is 0 Å². The number of thioether (sulfide) groups is 1. The van der Waals surface area contributed by atoms with Gasteiger partial charge in [-0.1, -0.05) is 11.8 Å². The molecule has 1 aliphatic heterocycles. The third-order valence-corrected chi connectivity index (χ3v) is 3.88. The van der Waals surface area contributed by atoms with E-state index < -0.39 is 0 Å². The van der Waals surface area contributed by atoms with Crippen molar-refractivity contribution in [3.05, 3.63) is 6.07 Å². The van der Waals surface area contributed by atoms with E-state index >= 15 is 0 Å². The molecule has 5 nitrogen and oxygen atoms in total. The largest absolute Gasteiger partial charge is 0.396 e. The number of hydrogen-bond acceptors (Lipinski definition) is 6. The molecular formula is C13H22N4OS. The van der Waals surface area contributed by atoms with Crippen LogP contribution in [-0.4, -0.2) is 47.6 Å². The number of aromatic nitrogens is 2. The lowest BCUT2D eigenvalue weighted by atomic mass is 9.99. The maximum absolute atomic E-state index is 9.32. The van der Waals surface area contributed by atoms with E-state index in [-0.39, 0.29) is 6.61 Å². The fourth-order valence-corrected chi connectivity index (χ4v) is 2.73. The second-order valence-corrected chi connectivity index (χ2v) is 5.54. The molecule has 2 heterocycles. The van der Waals surface area contributed by atoms with E-state index in [0.29, 0.717) is 5.92 Å². The zero-order chi connectivity index (χ0) is 13.7. The summed E-state index contributed by atoms with van der Waals surface area (Å²) in [5, 5.41) is 13.4. The molecule has 19 heavy (non-hydrogen) atoms. The highest BCUT2D eigenvalue weighted by Crippen LogP contribution is 2.25. The molecule has 0 aromatic carbocycles. The summed E-state index contributed by atoms with van der Waals surface area (Å²) < 4.78 is 0. The molecule has 106 valence electrons. The van der Waals surface area contributed by atoms with Gasteiger partial charge in [-0.2, -0.15) is 0 Å². The van der Waals surface area contributed by atoms with Crippen LogP contribution in [0.1, 0.15) is 19.8 Å². The molecule has 6 heteroatoms. The van der Waals surface area contributed by atoms with E-state index in [1.54, 1.807) is 11.8 Å². The van der Waals surface area contributed by atoms with Crippen molar-refractivity contribution < 1.29 is 5.11 Å². The summed E-state index contributed by atoms with van der Waals surface area (Å²) in [6, 6.07) is 2.00. The zero-order valence-electron chi connectivity index (χ0n) is 11.6. The van der Waals surface area contributed by atoms with Crippen LogP contribution in [0.15, 0.2) is 11.2 Å². The molecule has 1 fully saturated rings. The van der Waals surface area contributed by atoms with Crippen LogP contribution in [-0.2, 0) is 0 Å². The summed E-state index contributed by atoms with van der Waals surface area (Å²) in [7, 11) is 0. The van der Waals surface area contributed by atoms with E-state index in [4.69, 9.17) is 0 Å². The van der Waals surface area contributed by atoms with Gasteiger partial charge < -0.3 is 15.3 Å². The maximum atomic E-state index is 9.32. The molecule has 2 rings (SSSR count). The Bertz CT molecular complexity index is 416. The molecule has 1 atom stereocenters. The topological polar surface area (TPSA) is 61.3 Å². The Kier molecular flexibility index (Phi) is 5.27. The van der Waals surface area contributed by atoms with Crippen LogP contribution in [0, 0.1) is 5.92 Å². The Morgan fingerprint density at radius 3 is 3.05 bits per heavy atom. The summed E-state index contributed by atoms with van der Waals surface area (Å²) in [6.07, 6.45) is 4.20. The first-order chi connectivity index (χ1) is 9.26. The van der Waals surface area contributed by atoms with Gasteiger partial charge in [0.15, 0.2) is 5.16 Å². The summed E-state index contributed by atoms with van der Waals surface area (Å²) in [5.41, 5.74) is 0. The molecule has 0 amide bonds. The molecule has 0 radical (unpaired) electrons. The van der Waals surface area contributed by atoms with Crippen molar-refractivity contribution in [2.75, 3.05) is 42.7 Å². The van der Waals surface area contributed by atoms with Gasteiger partial charge in [0.1, 0.15) is 11.6 Å². The van der Waals surface area contributed by atoms with Crippen LogP contribution in [0.2, 0.25) is 0 Å². The number of nitrogens with zero attached hydrogens (tertiary/aromatic N) is 3. The predicted octanol–water partition coefficient (Wildman–Crippen LogP) is 1.84. The van der Waals surface area contributed by atoms with Gasteiger partial charge >= 0.3 is 0 Å². The van der Waals surface area contributed by atoms with Gasteiger partial charge in [-0.15, -0.1) is 0 Å². The van der Waals surface area contributed by atoms with Crippen molar-refractivity contribution in [3.63, 3.8) is 0 Å². The smallest absolute Gasteiger partial charge is 0.191 e. The van der Waals surface area contributed by atoms with E-state index in [2.05, 4.69) is 27.1 Å². The molecule has 0 bridgehead atoms. The minimum absolute atomic E-state index is 0.261. The lowest BCUT2D eigenvalue weighted by molar-refractivity contribution is 0.208. The fourth-order valence-electron chi connectivity index (χ4n) is 2.36. The first-order valence-electron chi connectivity index (χ1n) is 6.79. The summed E-state index contributed by atoms with van der Waals surface area (Å²) >= 11 is 1.56. The van der Waals surface area contributed by atoms with E-state index in [9.17, 15) is 5.11 Å². The van der Waals surface area contributed by atoms with Crippen LogP contribution in [0.25, 0.3) is 0 Å². The molecule has 1 unspecified atom stereocenters. The van der Waals surface area contributed by atoms with E-state index in [1.807, 2.05) is 12.3 Å². The molecule has 1 saturated heterocycles. The van der Waals surface area contributed by atoms with Gasteiger partial charge in [0.2, 0.25) is 0 Å². The number of rotatable bonds is 5. The Balaban J connectivity index is 2.19. The predicted molar refractivity (Wildman–Crippen MR) is 80.0 cm³/mol. The first-order valence-corrected chi connectivity index (χ1v) is 8.02. The Hall–Kier alpha value is -1.01. The average Bonchev–Trinajstić information content (AvgIpc) is 2.47. The second kappa shape index (κ2) is 6.96. The summed E-state index contributed by atoms with van der Waals surface area (Å²) in [6.45, 7) is 5.06. The third-order valence-electron chi connectivity index (χ3n) is 3.33. The fraction of sp³-hybridized carbons (Fsp3) is 0.692. The van der Waals surface area contributed by atoms with Gasteiger partial charge in [0, 0.05) is 32.3 Å². The highest BCUT2D eigenvalue weighted by Gasteiger charge is 2.21. The number of nitrogens with one attached hydrogen (secondary N) is 1. The number of aliphatic hydroxyl groups excluding tert-OH is 1.